The van der Waals surface area contributed by atoms with Gasteiger partial charge in [-0.15, -0.1) is 0 Å². The second kappa shape index (κ2) is 5.40. The molecule has 2 N–H and O–H groups in total. The summed E-state index contributed by atoms with van der Waals surface area (Å²) in [5, 5.41) is 4.73. The molecule has 0 bridgehead atoms. The first kappa shape index (κ1) is 14.8. The van der Waals surface area contributed by atoms with Gasteiger partial charge in [-0.3, -0.25) is 10.1 Å². The Hall–Kier alpha value is -1.63. The zero-order chi connectivity index (χ0) is 14.9. The fraction of sp³-hybridized carbons (Fsp3) is 0.462. The zero-order valence-electron chi connectivity index (χ0n) is 10.7. The number of carbonyl (C=O) groups excluding carboxylic acids is 1. The van der Waals surface area contributed by atoms with E-state index in [0.717, 1.165) is 12.1 Å². The van der Waals surface area contributed by atoms with Gasteiger partial charge in [0.05, 0.1) is 18.6 Å². The van der Waals surface area contributed by atoms with Crippen LogP contribution in [0, 0.1) is 11.6 Å². The Labute approximate surface area is 113 Å². The minimum atomic E-state index is -2.94. The first-order chi connectivity index (χ1) is 9.30. The summed E-state index contributed by atoms with van der Waals surface area (Å²) < 4.78 is 53.0. The van der Waals surface area contributed by atoms with Crippen molar-refractivity contribution in [3.05, 3.63) is 35.4 Å². The van der Waals surface area contributed by atoms with Crippen LogP contribution < -0.4 is 10.6 Å². The Balaban J connectivity index is 2.05. The lowest BCUT2D eigenvalue weighted by atomic mass is 10.1. The van der Waals surface area contributed by atoms with E-state index in [1.807, 2.05) is 0 Å². The summed E-state index contributed by atoms with van der Waals surface area (Å²) in [5.41, 5.74) is -0.286. The third-order valence-electron chi connectivity index (χ3n) is 3.22. The molecule has 1 aromatic rings. The van der Waals surface area contributed by atoms with E-state index in [-0.39, 0.29) is 5.56 Å². The molecule has 1 heterocycles. The lowest BCUT2D eigenvalue weighted by Crippen LogP contribution is -2.41. The summed E-state index contributed by atoms with van der Waals surface area (Å²) in [6.07, 6.45) is -0.620. The predicted molar refractivity (Wildman–Crippen MR) is 64.3 cm³/mol. The molecule has 110 valence electrons. The second-order valence-corrected chi connectivity index (χ2v) is 4.86. The summed E-state index contributed by atoms with van der Waals surface area (Å²) in [4.78, 5) is 11.8. The van der Waals surface area contributed by atoms with Crippen molar-refractivity contribution in [1.82, 2.24) is 10.6 Å². The fourth-order valence-electron chi connectivity index (χ4n) is 2.21. The van der Waals surface area contributed by atoms with E-state index in [1.54, 1.807) is 0 Å². The van der Waals surface area contributed by atoms with Crippen molar-refractivity contribution in [2.45, 2.75) is 31.4 Å². The molecule has 0 aromatic heterocycles. The van der Waals surface area contributed by atoms with E-state index >= 15 is 0 Å². The molecular weight excluding hydrogens is 276 g/mol. The monoisotopic (exact) mass is 290 g/mol. The number of nitrogens with one attached hydrogen (secondary N) is 2. The van der Waals surface area contributed by atoms with Gasteiger partial charge in [0.15, 0.2) is 0 Å². The van der Waals surface area contributed by atoms with Crippen molar-refractivity contribution in [3.8, 4) is 0 Å². The molecule has 0 aliphatic carbocycles. The molecule has 1 saturated heterocycles. The van der Waals surface area contributed by atoms with Gasteiger partial charge in [-0.25, -0.2) is 17.6 Å². The van der Waals surface area contributed by atoms with Crippen molar-refractivity contribution in [1.29, 1.82) is 0 Å². The van der Waals surface area contributed by atoms with Crippen LogP contribution in [-0.2, 0) is 4.79 Å². The molecule has 7 heteroatoms. The average Bonchev–Trinajstić information content (AvgIpc) is 2.69. The quantitative estimate of drug-likeness (QED) is 0.837. The minimum Gasteiger partial charge on any atom is -0.348 e. The van der Waals surface area contributed by atoms with Crippen LogP contribution in [-0.4, -0.2) is 24.4 Å². The first-order valence-electron chi connectivity index (χ1n) is 6.16. The highest BCUT2D eigenvalue weighted by Gasteiger charge is 2.42. The lowest BCUT2D eigenvalue weighted by Gasteiger charge is -2.18. The van der Waals surface area contributed by atoms with Gasteiger partial charge in [-0.2, -0.15) is 0 Å². The third-order valence-corrected chi connectivity index (χ3v) is 3.22. The number of amides is 1. The smallest absolute Gasteiger partial charge is 0.262 e. The summed E-state index contributed by atoms with van der Waals surface area (Å²) in [6.45, 7) is 0.819. The van der Waals surface area contributed by atoms with Crippen molar-refractivity contribution in [2.24, 2.45) is 0 Å². The number of carbonyl (C=O) groups is 1. The van der Waals surface area contributed by atoms with Gasteiger partial charge in [0.25, 0.3) is 5.92 Å². The summed E-state index contributed by atoms with van der Waals surface area (Å²) in [7, 11) is 0. The second-order valence-electron chi connectivity index (χ2n) is 4.86. The van der Waals surface area contributed by atoms with E-state index in [0.29, 0.717) is 0 Å². The standard InChI is InChI=1S/C13H14F4N2O/c1-7(11-8(14)3-2-4-9(11)15)19-12(20)10-5-13(16,17)6-18-10/h2-4,7,10,18H,5-6H2,1H3,(H,19,20). The molecular formula is C13H14F4N2O. The van der Waals surface area contributed by atoms with Crippen molar-refractivity contribution in [3.63, 3.8) is 0 Å². The van der Waals surface area contributed by atoms with Crippen molar-refractivity contribution in [2.75, 3.05) is 6.54 Å². The molecule has 20 heavy (non-hydrogen) atoms. The SMILES string of the molecule is CC(NC(=O)C1CC(F)(F)CN1)c1c(F)cccc1F. The van der Waals surface area contributed by atoms with Crippen LogP contribution in [0.4, 0.5) is 17.6 Å². The highest BCUT2D eigenvalue weighted by Crippen LogP contribution is 2.26. The van der Waals surface area contributed by atoms with Crippen LogP contribution in [0.15, 0.2) is 18.2 Å². The number of alkyl halides is 2. The van der Waals surface area contributed by atoms with E-state index in [2.05, 4.69) is 10.6 Å². The number of rotatable bonds is 3. The predicted octanol–water partition coefficient (Wildman–Crippen LogP) is 2.14. The van der Waals surface area contributed by atoms with Gasteiger partial charge in [0, 0.05) is 12.0 Å². The molecule has 1 fully saturated rings. The summed E-state index contributed by atoms with van der Waals surface area (Å²) >= 11 is 0. The number of benzene rings is 1. The molecule has 2 rings (SSSR count). The number of hydrogen-bond acceptors (Lipinski definition) is 2. The molecule has 1 aliphatic rings. The maximum absolute atomic E-state index is 13.5. The van der Waals surface area contributed by atoms with E-state index < -0.39 is 48.5 Å². The van der Waals surface area contributed by atoms with Crippen LogP contribution in [0.1, 0.15) is 24.9 Å². The van der Waals surface area contributed by atoms with Gasteiger partial charge >= 0.3 is 0 Å². The molecule has 1 aliphatic heterocycles. The van der Waals surface area contributed by atoms with Gasteiger partial charge in [0.1, 0.15) is 11.6 Å². The van der Waals surface area contributed by atoms with Crippen LogP contribution in [0.3, 0.4) is 0 Å². The maximum Gasteiger partial charge on any atom is 0.262 e. The lowest BCUT2D eigenvalue weighted by molar-refractivity contribution is -0.124. The number of halogens is 4. The van der Waals surface area contributed by atoms with Crippen LogP contribution >= 0.6 is 0 Å². The Morgan fingerprint density at radius 1 is 1.40 bits per heavy atom. The normalized spacial score (nSPS) is 22.6. The zero-order valence-corrected chi connectivity index (χ0v) is 10.7. The molecule has 0 saturated carbocycles. The van der Waals surface area contributed by atoms with Gasteiger partial charge in [-0.1, -0.05) is 6.07 Å². The average molecular weight is 290 g/mol. The van der Waals surface area contributed by atoms with Crippen LogP contribution in [0.2, 0.25) is 0 Å². The molecule has 2 atom stereocenters. The van der Waals surface area contributed by atoms with Crippen molar-refractivity contribution >= 4 is 5.91 Å². The Morgan fingerprint density at radius 2 is 2.00 bits per heavy atom. The van der Waals surface area contributed by atoms with Crippen LogP contribution in [0.25, 0.3) is 0 Å². The summed E-state index contributed by atoms with van der Waals surface area (Å²) in [5.74, 6) is -5.21. The van der Waals surface area contributed by atoms with Gasteiger partial charge in [0.2, 0.25) is 5.91 Å². The molecule has 3 nitrogen and oxygen atoms in total. The Bertz CT molecular complexity index is 501. The van der Waals surface area contributed by atoms with Crippen LogP contribution in [0.5, 0.6) is 0 Å². The largest absolute Gasteiger partial charge is 0.348 e. The highest BCUT2D eigenvalue weighted by molar-refractivity contribution is 5.82. The maximum atomic E-state index is 13.5. The topological polar surface area (TPSA) is 41.1 Å². The number of hydrogen-bond donors (Lipinski definition) is 2. The molecule has 2 unspecified atom stereocenters. The fourth-order valence-corrected chi connectivity index (χ4v) is 2.21. The third kappa shape index (κ3) is 3.09. The molecule has 1 amide bonds. The molecule has 0 spiro atoms. The Kier molecular flexibility index (Phi) is 3.99. The van der Waals surface area contributed by atoms with E-state index in [4.69, 9.17) is 0 Å². The molecule has 1 aromatic carbocycles. The minimum absolute atomic E-state index is 0.286. The first-order valence-corrected chi connectivity index (χ1v) is 6.16. The van der Waals surface area contributed by atoms with Crippen molar-refractivity contribution < 1.29 is 22.4 Å². The molecule has 0 radical (unpaired) electrons. The van der Waals surface area contributed by atoms with E-state index in [9.17, 15) is 22.4 Å². The Morgan fingerprint density at radius 3 is 2.50 bits per heavy atom. The van der Waals surface area contributed by atoms with Gasteiger partial charge < -0.3 is 5.32 Å². The summed E-state index contributed by atoms with van der Waals surface area (Å²) in [6, 6.07) is 1.36. The van der Waals surface area contributed by atoms with E-state index in [1.165, 1.54) is 13.0 Å². The van der Waals surface area contributed by atoms with Gasteiger partial charge in [-0.05, 0) is 19.1 Å². The highest BCUT2D eigenvalue weighted by atomic mass is 19.3.